The van der Waals surface area contributed by atoms with Gasteiger partial charge >= 0.3 is 0 Å². The van der Waals surface area contributed by atoms with E-state index < -0.39 is 0 Å². The molecule has 1 saturated heterocycles. The second kappa shape index (κ2) is 8.28. The van der Waals surface area contributed by atoms with Crippen LogP contribution in [0.2, 0.25) is 5.02 Å². The molecule has 5 nitrogen and oxygen atoms in total. The van der Waals surface area contributed by atoms with E-state index in [0.29, 0.717) is 10.9 Å². The van der Waals surface area contributed by atoms with Gasteiger partial charge in [-0.2, -0.15) is 0 Å². The van der Waals surface area contributed by atoms with Gasteiger partial charge in [0.1, 0.15) is 5.52 Å². The van der Waals surface area contributed by atoms with Gasteiger partial charge in [-0.25, -0.2) is 9.97 Å². The lowest BCUT2D eigenvalue weighted by atomic mass is 10.1. The number of aromatic nitrogens is 2. The molecule has 0 spiro atoms. The van der Waals surface area contributed by atoms with Gasteiger partial charge in [0.25, 0.3) is 0 Å². The Kier molecular flexibility index (Phi) is 5.60. The van der Waals surface area contributed by atoms with E-state index in [-0.39, 0.29) is 0 Å². The number of halogens is 1. The van der Waals surface area contributed by atoms with Crippen molar-refractivity contribution in [2.75, 3.05) is 38.6 Å². The van der Waals surface area contributed by atoms with Crippen LogP contribution in [0.1, 0.15) is 25.7 Å². The first-order valence-corrected chi connectivity index (χ1v) is 10.0. The molecule has 0 saturated carbocycles. The highest BCUT2D eigenvalue weighted by Crippen LogP contribution is 2.32. The molecule has 0 radical (unpaired) electrons. The van der Waals surface area contributed by atoms with Crippen LogP contribution in [-0.2, 0) is 0 Å². The minimum Gasteiger partial charge on any atom is -0.481 e. The first-order chi connectivity index (χ1) is 13.2. The number of nitrogens with zero attached hydrogens (tertiary/aromatic N) is 3. The quantitative estimate of drug-likeness (QED) is 0.471. The Balaban J connectivity index is 1.57. The molecule has 6 heteroatoms. The Morgan fingerprint density at radius 3 is 2.74 bits per heavy atom. The normalized spacial score (nSPS) is 14.9. The van der Waals surface area contributed by atoms with Crippen LogP contribution in [0.5, 0.6) is 5.88 Å². The number of hydrogen-bond acceptors (Lipinski definition) is 5. The van der Waals surface area contributed by atoms with Crippen LogP contribution in [0.15, 0.2) is 30.3 Å². The van der Waals surface area contributed by atoms with Gasteiger partial charge in [0.05, 0.1) is 23.8 Å². The number of pyridine rings is 2. The highest BCUT2D eigenvalue weighted by atomic mass is 35.5. The molecule has 1 aromatic carbocycles. The fourth-order valence-corrected chi connectivity index (χ4v) is 3.91. The van der Waals surface area contributed by atoms with E-state index in [4.69, 9.17) is 21.3 Å². The number of hydrogen-bond donors (Lipinski definition) is 1. The molecule has 0 aliphatic carbocycles. The molecular formula is C21H25ClN4O. The summed E-state index contributed by atoms with van der Waals surface area (Å²) >= 11 is 6.18. The average Bonchev–Trinajstić information content (AvgIpc) is 3.20. The fraction of sp³-hybridized carbons (Fsp3) is 0.429. The van der Waals surface area contributed by atoms with Crippen LogP contribution < -0.4 is 10.1 Å². The maximum atomic E-state index is 6.18. The van der Waals surface area contributed by atoms with E-state index in [2.05, 4.69) is 15.2 Å². The lowest BCUT2D eigenvalue weighted by Gasteiger charge is -2.15. The Bertz CT molecular complexity index is 940. The highest BCUT2D eigenvalue weighted by molar-refractivity contribution is 6.31. The van der Waals surface area contributed by atoms with Crippen LogP contribution in [0.4, 0.5) is 5.69 Å². The first kappa shape index (κ1) is 18.3. The molecule has 4 rings (SSSR count). The molecule has 0 bridgehead atoms. The summed E-state index contributed by atoms with van der Waals surface area (Å²) in [6.07, 6.45) is 5.03. The smallest absolute Gasteiger partial charge is 0.213 e. The third-order valence-corrected chi connectivity index (χ3v) is 5.40. The number of nitrogens with one attached hydrogen (secondary N) is 1. The van der Waals surface area contributed by atoms with Gasteiger partial charge in [-0.05, 0) is 69.6 Å². The van der Waals surface area contributed by atoms with E-state index in [0.717, 1.165) is 40.6 Å². The van der Waals surface area contributed by atoms with E-state index >= 15 is 0 Å². The van der Waals surface area contributed by atoms with Gasteiger partial charge in [-0.15, -0.1) is 0 Å². The fourth-order valence-electron chi connectivity index (χ4n) is 3.75. The molecule has 1 aliphatic rings. The molecule has 2 aromatic heterocycles. The SMILES string of the molecule is COc1ccc2nc3cc(Cl)ccc3c(NCCCCN3CCCC3)c2n1. The van der Waals surface area contributed by atoms with Crippen molar-refractivity contribution in [2.45, 2.75) is 25.7 Å². The van der Waals surface area contributed by atoms with Crippen molar-refractivity contribution < 1.29 is 4.74 Å². The van der Waals surface area contributed by atoms with E-state index in [1.165, 1.54) is 38.9 Å². The first-order valence-electron chi connectivity index (χ1n) is 9.65. The second-order valence-corrected chi connectivity index (χ2v) is 7.49. The predicted octanol–water partition coefficient (Wildman–Crippen LogP) is 4.73. The number of anilines is 1. The van der Waals surface area contributed by atoms with Gasteiger partial charge in [-0.1, -0.05) is 11.6 Å². The molecule has 27 heavy (non-hydrogen) atoms. The highest BCUT2D eigenvalue weighted by Gasteiger charge is 2.13. The summed E-state index contributed by atoms with van der Waals surface area (Å²) in [5, 5.41) is 5.33. The molecule has 0 amide bonds. The summed E-state index contributed by atoms with van der Waals surface area (Å²) in [7, 11) is 1.63. The van der Waals surface area contributed by atoms with Crippen LogP contribution in [-0.4, -0.2) is 48.2 Å². The van der Waals surface area contributed by atoms with E-state index in [1.54, 1.807) is 7.11 Å². The molecule has 3 heterocycles. The number of rotatable bonds is 7. The minimum atomic E-state index is 0.592. The maximum Gasteiger partial charge on any atom is 0.213 e. The zero-order chi connectivity index (χ0) is 18.6. The van der Waals surface area contributed by atoms with Gasteiger partial charge in [-0.3, -0.25) is 0 Å². The molecule has 3 aromatic rings. The van der Waals surface area contributed by atoms with Gasteiger partial charge in [0, 0.05) is 23.0 Å². The van der Waals surface area contributed by atoms with Crippen molar-refractivity contribution in [3.63, 3.8) is 0 Å². The van der Waals surface area contributed by atoms with Crippen molar-refractivity contribution in [2.24, 2.45) is 0 Å². The summed E-state index contributed by atoms with van der Waals surface area (Å²) < 4.78 is 5.32. The minimum absolute atomic E-state index is 0.592. The second-order valence-electron chi connectivity index (χ2n) is 7.05. The van der Waals surface area contributed by atoms with Crippen LogP contribution in [0.3, 0.4) is 0 Å². The molecule has 1 fully saturated rings. The monoisotopic (exact) mass is 384 g/mol. The molecular weight excluding hydrogens is 360 g/mol. The molecule has 0 atom stereocenters. The van der Waals surface area contributed by atoms with Crippen molar-refractivity contribution in [3.8, 4) is 5.88 Å². The Morgan fingerprint density at radius 2 is 1.93 bits per heavy atom. The lowest BCUT2D eigenvalue weighted by Crippen LogP contribution is -2.20. The van der Waals surface area contributed by atoms with E-state index in [1.807, 2.05) is 30.3 Å². The predicted molar refractivity (Wildman–Crippen MR) is 112 cm³/mol. The number of methoxy groups -OCH3 is 1. The zero-order valence-electron chi connectivity index (χ0n) is 15.7. The Labute approximate surface area is 164 Å². The Morgan fingerprint density at radius 1 is 1.07 bits per heavy atom. The van der Waals surface area contributed by atoms with Gasteiger partial charge in [0.2, 0.25) is 5.88 Å². The molecule has 142 valence electrons. The largest absolute Gasteiger partial charge is 0.481 e. The van der Waals surface area contributed by atoms with Crippen LogP contribution >= 0.6 is 11.6 Å². The van der Waals surface area contributed by atoms with Gasteiger partial charge in [0.15, 0.2) is 0 Å². The summed E-state index contributed by atoms with van der Waals surface area (Å²) in [6, 6.07) is 9.60. The van der Waals surface area contributed by atoms with Crippen molar-refractivity contribution in [3.05, 3.63) is 35.4 Å². The number of benzene rings is 1. The third-order valence-electron chi connectivity index (χ3n) is 5.17. The van der Waals surface area contributed by atoms with Crippen LogP contribution in [0, 0.1) is 0 Å². The number of fused-ring (bicyclic) bond motifs is 2. The standard InChI is InChI=1S/C21H25ClN4O/c1-27-19-9-8-17-21(25-19)20(16-7-6-15(22)14-18(16)24-17)23-10-2-3-11-26-12-4-5-13-26/h6-9,14H,2-5,10-13H2,1H3,(H,23,24). The Hall–Kier alpha value is -2.11. The van der Waals surface area contributed by atoms with Gasteiger partial charge < -0.3 is 15.0 Å². The average molecular weight is 385 g/mol. The maximum absolute atomic E-state index is 6.18. The summed E-state index contributed by atoms with van der Waals surface area (Å²) in [5.41, 5.74) is 3.56. The topological polar surface area (TPSA) is 50.3 Å². The van der Waals surface area contributed by atoms with Crippen molar-refractivity contribution >= 4 is 39.2 Å². The number of likely N-dealkylation sites (tertiary alicyclic amines) is 1. The summed E-state index contributed by atoms with van der Waals surface area (Å²) in [5.74, 6) is 0.592. The summed E-state index contributed by atoms with van der Waals surface area (Å²) in [4.78, 5) is 11.9. The number of ether oxygens (including phenoxy) is 1. The van der Waals surface area contributed by atoms with Crippen molar-refractivity contribution in [1.29, 1.82) is 0 Å². The number of unbranched alkanes of at least 4 members (excludes halogenated alkanes) is 1. The molecule has 0 unspecified atom stereocenters. The molecule has 1 aliphatic heterocycles. The lowest BCUT2D eigenvalue weighted by molar-refractivity contribution is 0.331. The molecule has 1 N–H and O–H groups in total. The van der Waals surface area contributed by atoms with Crippen LogP contribution in [0.25, 0.3) is 21.9 Å². The zero-order valence-corrected chi connectivity index (χ0v) is 16.4. The summed E-state index contributed by atoms with van der Waals surface area (Å²) in [6.45, 7) is 4.62. The third kappa shape index (κ3) is 4.09. The van der Waals surface area contributed by atoms with Crippen molar-refractivity contribution in [1.82, 2.24) is 14.9 Å². The van der Waals surface area contributed by atoms with E-state index in [9.17, 15) is 0 Å².